The Morgan fingerprint density at radius 3 is 2.30 bits per heavy atom. The zero-order valence-electron chi connectivity index (χ0n) is 13.1. The van der Waals surface area contributed by atoms with Gasteiger partial charge in [0.2, 0.25) is 0 Å². The number of rotatable bonds is 6. The summed E-state index contributed by atoms with van der Waals surface area (Å²) in [4.78, 5) is 12.3. The highest BCUT2D eigenvalue weighted by atomic mass is 35.5. The highest BCUT2D eigenvalue weighted by Crippen LogP contribution is 2.36. The Labute approximate surface area is 140 Å². The minimum absolute atomic E-state index is 0.317. The number of anilines is 1. The Morgan fingerprint density at radius 1 is 1.09 bits per heavy atom. The molecule has 2 aromatic rings. The van der Waals surface area contributed by atoms with Gasteiger partial charge in [0, 0.05) is 12.1 Å². The van der Waals surface area contributed by atoms with Crippen molar-refractivity contribution in [2.45, 2.75) is 13.0 Å². The minimum Gasteiger partial charge on any atom is -0.493 e. The standard InChI is InChI=1S/C17H18ClNO4/c1-11(23-12-7-5-4-6-8-12)17(20)19-14-10-16(22-3)15(21-2)9-13(14)18/h4-11H,1-3H3,(H,19,20). The number of halogens is 1. The van der Waals surface area contributed by atoms with Gasteiger partial charge in [-0.3, -0.25) is 4.79 Å². The smallest absolute Gasteiger partial charge is 0.265 e. The lowest BCUT2D eigenvalue weighted by atomic mass is 10.2. The molecule has 0 spiro atoms. The summed E-state index contributed by atoms with van der Waals surface area (Å²) in [7, 11) is 3.03. The van der Waals surface area contributed by atoms with E-state index in [0.29, 0.717) is 28.0 Å². The summed E-state index contributed by atoms with van der Waals surface area (Å²) in [5, 5.41) is 3.07. The predicted octanol–water partition coefficient (Wildman–Crippen LogP) is 3.76. The molecule has 1 amide bonds. The molecule has 0 saturated carbocycles. The van der Waals surface area contributed by atoms with Crippen LogP contribution in [0.2, 0.25) is 5.02 Å². The summed E-state index contributed by atoms with van der Waals surface area (Å²) in [6, 6.07) is 12.3. The van der Waals surface area contributed by atoms with Gasteiger partial charge in [0.1, 0.15) is 5.75 Å². The summed E-state index contributed by atoms with van der Waals surface area (Å²) in [5.74, 6) is 1.27. The fourth-order valence-corrected chi connectivity index (χ4v) is 2.14. The number of nitrogens with one attached hydrogen (secondary N) is 1. The molecule has 23 heavy (non-hydrogen) atoms. The van der Waals surface area contributed by atoms with E-state index in [1.54, 1.807) is 31.2 Å². The molecule has 0 bridgehead atoms. The van der Waals surface area contributed by atoms with Crippen molar-refractivity contribution in [3.8, 4) is 17.2 Å². The van der Waals surface area contributed by atoms with E-state index >= 15 is 0 Å². The second kappa shape index (κ2) is 7.74. The molecule has 2 rings (SSSR count). The Kier molecular flexibility index (Phi) is 5.71. The first-order valence-corrected chi connectivity index (χ1v) is 7.37. The van der Waals surface area contributed by atoms with Gasteiger partial charge in [-0.05, 0) is 19.1 Å². The van der Waals surface area contributed by atoms with Crippen molar-refractivity contribution in [3.63, 3.8) is 0 Å². The fraction of sp³-hybridized carbons (Fsp3) is 0.235. The lowest BCUT2D eigenvalue weighted by molar-refractivity contribution is -0.122. The van der Waals surface area contributed by atoms with Crippen LogP contribution in [-0.2, 0) is 4.79 Å². The van der Waals surface area contributed by atoms with Crippen LogP contribution in [0.1, 0.15) is 6.92 Å². The maximum absolute atomic E-state index is 12.3. The topological polar surface area (TPSA) is 56.8 Å². The Balaban J connectivity index is 2.10. The highest BCUT2D eigenvalue weighted by molar-refractivity contribution is 6.34. The van der Waals surface area contributed by atoms with Crippen LogP contribution in [0.4, 0.5) is 5.69 Å². The number of benzene rings is 2. The number of carbonyl (C=O) groups excluding carboxylic acids is 1. The van der Waals surface area contributed by atoms with Crippen molar-refractivity contribution in [1.82, 2.24) is 0 Å². The molecule has 0 aromatic heterocycles. The number of hydrogen-bond donors (Lipinski definition) is 1. The summed E-state index contributed by atoms with van der Waals surface area (Å²) < 4.78 is 15.9. The third-order valence-corrected chi connectivity index (χ3v) is 3.47. The Bertz CT molecular complexity index is 676. The monoisotopic (exact) mass is 335 g/mol. The zero-order valence-corrected chi connectivity index (χ0v) is 13.9. The van der Waals surface area contributed by atoms with Crippen molar-refractivity contribution in [1.29, 1.82) is 0 Å². The molecule has 1 atom stereocenters. The number of methoxy groups -OCH3 is 2. The summed E-state index contributed by atoms with van der Waals surface area (Å²) in [6.45, 7) is 1.66. The Morgan fingerprint density at radius 2 is 1.70 bits per heavy atom. The van der Waals surface area contributed by atoms with Crippen LogP contribution in [0.5, 0.6) is 17.2 Å². The van der Waals surface area contributed by atoms with E-state index in [4.69, 9.17) is 25.8 Å². The zero-order chi connectivity index (χ0) is 16.8. The van der Waals surface area contributed by atoms with Crippen LogP contribution in [-0.4, -0.2) is 26.2 Å². The SMILES string of the molecule is COc1cc(Cl)c(NC(=O)C(C)Oc2ccccc2)cc1OC. The van der Waals surface area contributed by atoms with Crippen molar-refractivity contribution < 1.29 is 19.0 Å². The molecule has 6 heteroatoms. The van der Waals surface area contributed by atoms with Crippen molar-refractivity contribution in [2.24, 2.45) is 0 Å². The van der Waals surface area contributed by atoms with Crippen molar-refractivity contribution in [2.75, 3.05) is 19.5 Å². The van der Waals surface area contributed by atoms with Gasteiger partial charge in [0.25, 0.3) is 5.91 Å². The van der Waals surface area contributed by atoms with Crippen molar-refractivity contribution in [3.05, 3.63) is 47.5 Å². The van der Waals surface area contributed by atoms with Crippen LogP contribution in [0, 0.1) is 0 Å². The van der Waals surface area contributed by atoms with Crippen LogP contribution >= 0.6 is 11.6 Å². The molecule has 1 N–H and O–H groups in total. The molecular formula is C17H18ClNO4. The molecule has 2 aromatic carbocycles. The number of para-hydroxylation sites is 1. The molecular weight excluding hydrogens is 318 g/mol. The lowest BCUT2D eigenvalue weighted by Gasteiger charge is -2.16. The van der Waals surface area contributed by atoms with E-state index in [-0.39, 0.29) is 5.91 Å². The van der Waals surface area contributed by atoms with Gasteiger partial charge in [-0.1, -0.05) is 29.8 Å². The minimum atomic E-state index is -0.679. The largest absolute Gasteiger partial charge is 0.493 e. The quantitative estimate of drug-likeness (QED) is 0.873. The fourth-order valence-electron chi connectivity index (χ4n) is 1.94. The average Bonchev–Trinajstić information content (AvgIpc) is 2.57. The van der Waals surface area contributed by atoms with Gasteiger partial charge in [-0.15, -0.1) is 0 Å². The van der Waals surface area contributed by atoms with E-state index in [9.17, 15) is 4.79 Å². The van der Waals surface area contributed by atoms with E-state index in [0.717, 1.165) is 0 Å². The van der Waals surface area contributed by atoms with E-state index in [1.165, 1.54) is 14.2 Å². The molecule has 0 aliphatic heterocycles. The van der Waals surface area contributed by atoms with Gasteiger partial charge in [0.05, 0.1) is 24.9 Å². The summed E-state index contributed by atoms with van der Waals surface area (Å²) in [6.07, 6.45) is -0.679. The number of carbonyl (C=O) groups is 1. The highest BCUT2D eigenvalue weighted by Gasteiger charge is 2.18. The lowest BCUT2D eigenvalue weighted by Crippen LogP contribution is -2.30. The first-order valence-electron chi connectivity index (χ1n) is 6.99. The van der Waals surface area contributed by atoms with Gasteiger partial charge in [0.15, 0.2) is 17.6 Å². The number of amides is 1. The Hall–Kier alpha value is -2.40. The van der Waals surface area contributed by atoms with Gasteiger partial charge < -0.3 is 19.5 Å². The molecule has 0 aliphatic rings. The van der Waals surface area contributed by atoms with Gasteiger partial charge in [-0.25, -0.2) is 0 Å². The molecule has 0 saturated heterocycles. The molecule has 122 valence electrons. The van der Waals surface area contributed by atoms with Gasteiger partial charge >= 0.3 is 0 Å². The van der Waals surface area contributed by atoms with Gasteiger partial charge in [-0.2, -0.15) is 0 Å². The van der Waals surface area contributed by atoms with Crippen LogP contribution in [0.25, 0.3) is 0 Å². The van der Waals surface area contributed by atoms with Crippen molar-refractivity contribution >= 4 is 23.2 Å². The summed E-state index contributed by atoms with van der Waals surface area (Å²) in [5.41, 5.74) is 0.429. The molecule has 0 aliphatic carbocycles. The number of ether oxygens (including phenoxy) is 3. The molecule has 0 fully saturated rings. The normalized spacial score (nSPS) is 11.5. The maximum atomic E-state index is 12.3. The first kappa shape index (κ1) is 17.0. The van der Waals surface area contributed by atoms with E-state index < -0.39 is 6.10 Å². The molecule has 0 radical (unpaired) electrons. The average molecular weight is 336 g/mol. The molecule has 1 unspecified atom stereocenters. The third kappa shape index (κ3) is 4.29. The molecule has 5 nitrogen and oxygen atoms in total. The van der Waals surface area contributed by atoms with Crippen LogP contribution < -0.4 is 19.5 Å². The third-order valence-electron chi connectivity index (χ3n) is 3.16. The van der Waals surface area contributed by atoms with E-state index in [2.05, 4.69) is 5.32 Å². The molecule has 0 heterocycles. The second-order valence-corrected chi connectivity index (χ2v) is 5.16. The maximum Gasteiger partial charge on any atom is 0.265 e. The number of hydrogen-bond acceptors (Lipinski definition) is 4. The first-order chi connectivity index (χ1) is 11.0. The summed E-state index contributed by atoms with van der Waals surface area (Å²) >= 11 is 6.15. The second-order valence-electron chi connectivity index (χ2n) is 4.75. The van der Waals surface area contributed by atoms with Crippen LogP contribution in [0.3, 0.4) is 0 Å². The predicted molar refractivity (Wildman–Crippen MR) is 89.7 cm³/mol. The van der Waals surface area contributed by atoms with Crippen LogP contribution in [0.15, 0.2) is 42.5 Å². The van der Waals surface area contributed by atoms with E-state index in [1.807, 2.05) is 18.2 Å².